The first-order chi connectivity index (χ1) is 12.3. The van der Waals surface area contributed by atoms with Crippen LogP contribution < -0.4 is 4.72 Å². The van der Waals surface area contributed by atoms with E-state index in [0.717, 1.165) is 51.9 Å². The molecule has 1 aromatic carbocycles. The third-order valence-corrected chi connectivity index (χ3v) is 7.11. The van der Waals surface area contributed by atoms with Crippen LogP contribution in [0.3, 0.4) is 0 Å². The van der Waals surface area contributed by atoms with E-state index in [1.807, 2.05) is 12.1 Å². The smallest absolute Gasteiger partial charge is 0.240 e. The lowest BCUT2D eigenvalue weighted by molar-refractivity contribution is 0.102. The van der Waals surface area contributed by atoms with Crippen molar-refractivity contribution < 1.29 is 8.42 Å². The number of aryl methyl sites for hydroxylation is 2. The predicted octanol–water partition coefficient (Wildman–Crippen LogP) is 2.12. The molecule has 1 aliphatic carbocycles. The second kappa shape index (κ2) is 8.38. The monoisotopic (exact) mass is 379 g/mol. The van der Waals surface area contributed by atoms with Gasteiger partial charge in [-0.15, -0.1) is 0 Å². The Morgan fingerprint density at radius 1 is 1.08 bits per heavy atom. The Hall–Kier alpha value is -0.950. The Bertz CT molecular complexity index is 710. The van der Waals surface area contributed by atoms with Crippen LogP contribution >= 0.6 is 0 Å². The fourth-order valence-electron chi connectivity index (χ4n) is 4.10. The lowest BCUT2D eigenvalue weighted by atomic mass is 10.0. The predicted molar refractivity (Wildman–Crippen MR) is 106 cm³/mol. The van der Waals surface area contributed by atoms with Gasteiger partial charge in [-0.2, -0.15) is 0 Å². The summed E-state index contributed by atoms with van der Waals surface area (Å²) in [4.78, 5) is 5.20. The van der Waals surface area contributed by atoms with Crippen LogP contribution in [0.4, 0.5) is 0 Å². The van der Waals surface area contributed by atoms with Crippen LogP contribution in [-0.2, 0) is 22.9 Å². The van der Waals surface area contributed by atoms with Crippen molar-refractivity contribution in [3.8, 4) is 0 Å². The van der Waals surface area contributed by atoms with Gasteiger partial charge in [-0.25, -0.2) is 13.1 Å². The molecule has 1 heterocycles. The minimum absolute atomic E-state index is 0.257. The molecule has 0 radical (unpaired) electrons. The first kappa shape index (κ1) is 19.8. The molecular formula is C20H33N3O2S. The highest BCUT2D eigenvalue weighted by Crippen LogP contribution is 2.24. The lowest BCUT2D eigenvalue weighted by Gasteiger charge is -2.38. The summed E-state index contributed by atoms with van der Waals surface area (Å²) in [7, 11) is -1.31. The number of hydrogen-bond donors (Lipinski definition) is 1. The molecule has 0 spiro atoms. The molecule has 0 amide bonds. The maximum absolute atomic E-state index is 12.8. The van der Waals surface area contributed by atoms with Gasteiger partial charge in [0.15, 0.2) is 0 Å². The van der Waals surface area contributed by atoms with Gasteiger partial charge in [0.05, 0.1) is 4.90 Å². The fraction of sp³-hybridized carbons (Fsp3) is 0.700. The highest BCUT2D eigenvalue weighted by Gasteiger charge is 2.26. The second-order valence-electron chi connectivity index (χ2n) is 8.26. The van der Waals surface area contributed by atoms with Crippen molar-refractivity contribution >= 4 is 10.0 Å². The van der Waals surface area contributed by atoms with Crippen LogP contribution in [0.5, 0.6) is 0 Å². The first-order valence-corrected chi connectivity index (χ1v) is 11.4. The summed E-state index contributed by atoms with van der Waals surface area (Å²) in [5, 5.41) is 0. The molecule has 146 valence electrons. The third-order valence-electron chi connectivity index (χ3n) is 5.69. The Kier molecular flexibility index (Phi) is 6.38. The number of nitrogens with zero attached hydrogens (tertiary/aromatic N) is 2. The second-order valence-corrected chi connectivity index (χ2v) is 10.0. The molecule has 5 nitrogen and oxygen atoms in total. The van der Waals surface area contributed by atoms with Crippen LogP contribution in [0.1, 0.15) is 37.8 Å². The number of hydrogen-bond acceptors (Lipinski definition) is 4. The van der Waals surface area contributed by atoms with E-state index in [1.54, 1.807) is 6.07 Å². The molecule has 26 heavy (non-hydrogen) atoms. The Morgan fingerprint density at radius 2 is 1.77 bits per heavy atom. The molecule has 1 aromatic rings. The molecular weight excluding hydrogens is 346 g/mol. The van der Waals surface area contributed by atoms with E-state index in [2.05, 4.69) is 35.4 Å². The zero-order valence-corrected chi connectivity index (χ0v) is 17.2. The summed E-state index contributed by atoms with van der Waals surface area (Å²) >= 11 is 0. The molecule has 1 atom stereocenters. The minimum Gasteiger partial charge on any atom is -0.304 e. The van der Waals surface area contributed by atoms with Crippen molar-refractivity contribution in [1.82, 2.24) is 14.5 Å². The minimum atomic E-state index is -3.45. The molecule has 1 saturated heterocycles. The van der Waals surface area contributed by atoms with Crippen LogP contribution in [0.25, 0.3) is 0 Å². The van der Waals surface area contributed by atoms with E-state index in [-0.39, 0.29) is 6.04 Å². The van der Waals surface area contributed by atoms with Crippen molar-refractivity contribution in [1.29, 1.82) is 0 Å². The number of sulfonamides is 1. The van der Waals surface area contributed by atoms with Crippen molar-refractivity contribution in [3.05, 3.63) is 29.3 Å². The molecule has 2 aliphatic rings. The van der Waals surface area contributed by atoms with E-state index in [9.17, 15) is 8.42 Å². The summed E-state index contributed by atoms with van der Waals surface area (Å²) in [6.45, 7) is 9.01. The van der Waals surface area contributed by atoms with Crippen molar-refractivity contribution in [3.63, 3.8) is 0 Å². The van der Waals surface area contributed by atoms with Crippen molar-refractivity contribution in [2.75, 3.05) is 39.8 Å². The number of fused-ring (bicyclic) bond motifs is 1. The quantitative estimate of drug-likeness (QED) is 0.788. The zero-order chi connectivity index (χ0) is 18.7. The van der Waals surface area contributed by atoms with Crippen LogP contribution in [-0.4, -0.2) is 64.0 Å². The van der Waals surface area contributed by atoms with Gasteiger partial charge in [0.1, 0.15) is 0 Å². The molecule has 1 fully saturated rings. The molecule has 6 heteroatoms. The maximum atomic E-state index is 12.8. The largest absolute Gasteiger partial charge is 0.304 e. The van der Waals surface area contributed by atoms with Crippen LogP contribution in [0.15, 0.2) is 23.1 Å². The standard InChI is InChI=1S/C20H33N3O2S/c1-16(2)13-19(23-11-9-22(3)10-12-23)15-21-26(24,25)20-8-7-17-5-4-6-18(17)14-20/h7-8,14,16,19,21H,4-6,9-13,15H2,1-3H3. The molecule has 1 N–H and O–H groups in total. The Morgan fingerprint density at radius 3 is 2.46 bits per heavy atom. The van der Waals surface area contributed by atoms with Crippen molar-refractivity contribution in [2.45, 2.75) is 50.5 Å². The van der Waals surface area contributed by atoms with Gasteiger partial charge in [-0.3, -0.25) is 4.90 Å². The molecule has 1 unspecified atom stereocenters. The summed E-state index contributed by atoms with van der Waals surface area (Å²) in [6.07, 6.45) is 4.21. The maximum Gasteiger partial charge on any atom is 0.240 e. The Labute approximate surface area is 158 Å². The number of likely N-dealkylation sites (N-methyl/N-ethyl adjacent to an activating group) is 1. The van der Waals surface area contributed by atoms with Crippen LogP contribution in [0.2, 0.25) is 0 Å². The highest BCUT2D eigenvalue weighted by molar-refractivity contribution is 7.89. The van der Waals surface area contributed by atoms with E-state index in [4.69, 9.17) is 0 Å². The van der Waals surface area contributed by atoms with Gasteiger partial charge < -0.3 is 4.90 Å². The summed E-state index contributed by atoms with van der Waals surface area (Å²) in [5.74, 6) is 0.546. The van der Waals surface area contributed by atoms with Gasteiger partial charge in [0.2, 0.25) is 10.0 Å². The van der Waals surface area contributed by atoms with E-state index in [0.29, 0.717) is 17.4 Å². The van der Waals surface area contributed by atoms with Gasteiger partial charge in [0, 0.05) is 38.8 Å². The van der Waals surface area contributed by atoms with Crippen LogP contribution in [0, 0.1) is 5.92 Å². The van der Waals surface area contributed by atoms with Gasteiger partial charge in [-0.1, -0.05) is 19.9 Å². The zero-order valence-electron chi connectivity index (χ0n) is 16.4. The molecule has 1 aliphatic heterocycles. The third kappa shape index (κ3) is 4.85. The number of nitrogens with one attached hydrogen (secondary N) is 1. The molecule has 0 saturated carbocycles. The number of benzene rings is 1. The highest BCUT2D eigenvalue weighted by atomic mass is 32.2. The van der Waals surface area contributed by atoms with Gasteiger partial charge in [0.25, 0.3) is 0 Å². The number of rotatable bonds is 7. The SMILES string of the molecule is CC(C)CC(CNS(=O)(=O)c1ccc2c(c1)CCC2)N1CCN(C)CC1. The average molecular weight is 380 g/mol. The first-order valence-electron chi connectivity index (χ1n) is 9.89. The molecule has 0 aromatic heterocycles. The normalized spacial score (nSPS) is 20.5. The van der Waals surface area contributed by atoms with Gasteiger partial charge in [-0.05, 0) is 61.9 Å². The topological polar surface area (TPSA) is 52.7 Å². The summed E-state index contributed by atoms with van der Waals surface area (Å²) in [5.41, 5.74) is 2.50. The Balaban J connectivity index is 1.67. The molecule has 0 bridgehead atoms. The van der Waals surface area contributed by atoms with Gasteiger partial charge >= 0.3 is 0 Å². The van der Waals surface area contributed by atoms with Crippen molar-refractivity contribution in [2.24, 2.45) is 5.92 Å². The molecule has 3 rings (SSSR count). The van der Waals surface area contributed by atoms with E-state index >= 15 is 0 Å². The summed E-state index contributed by atoms with van der Waals surface area (Å²) in [6, 6.07) is 5.88. The number of piperazine rings is 1. The lowest BCUT2D eigenvalue weighted by Crippen LogP contribution is -2.52. The van der Waals surface area contributed by atoms with E-state index in [1.165, 1.54) is 11.1 Å². The average Bonchev–Trinajstić information content (AvgIpc) is 3.07. The van der Waals surface area contributed by atoms with E-state index < -0.39 is 10.0 Å². The summed E-state index contributed by atoms with van der Waals surface area (Å²) < 4.78 is 28.5. The fourth-order valence-corrected chi connectivity index (χ4v) is 5.22.